The highest BCUT2D eigenvalue weighted by atomic mass is 79.9. The Balaban J connectivity index is 2.99. The molecule has 0 aromatic rings. The average molecular weight is 248 g/mol. The molecule has 0 spiro atoms. The smallest absolute Gasteiger partial charge is 0.0238 e. The van der Waals surface area contributed by atoms with Crippen molar-refractivity contribution in [2.45, 2.75) is 5.25 Å². The highest BCUT2D eigenvalue weighted by Crippen LogP contribution is 2.10. The van der Waals surface area contributed by atoms with Crippen molar-refractivity contribution in [3.05, 3.63) is 0 Å². The predicted octanol–water partition coefficient (Wildman–Crippen LogP) is 2.51. The van der Waals surface area contributed by atoms with Crippen LogP contribution < -0.4 is 0 Å². The number of alkyl halides is 2. The summed E-state index contributed by atoms with van der Waals surface area (Å²) in [6.07, 6.45) is 2.12. The van der Waals surface area contributed by atoms with Crippen molar-refractivity contribution in [2.24, 2.45) is 0 Å². The SMILES string of the molecule is CSC(CBr)CBr. The molecule has 0 aliphatic heterocycles. The summed E-state index contributed by atoms with van der Waals surface area (Å²) in [7, 11) is 0. The first kappa shape index (κ1) is 8.31. The number of thioether (sulfide) groups is 1. The molecule has 0 N–H and O–H groups in total. The molecule has 0 aliphatic rings. The van der Waals surface area contributed by atoms with E-state index in [4.69, 9.17) is 0 Å². The van der Waals surface area contributed by atoms with Gasteiger partial charge >= 0.3 is 0 Å². The van der Waals surface area contributed by atoms with Crippen molar-refractivity contribution in [3.63, 3.8) is 0 Å². The Morgan fingerprint density at radius 2 is 1.86 bits per heavy atom. The van der Waals surface area contributed by atoms with Crippen LogP contribution in [0.25, 0.3) is 0 Å². The van der Waals surface area contributed by atoms with Crippen LogP contribution in [0.1, 0.15) is 0 Å². The molecule has 0 rings (SSSR count). The summed E-state index contributed by atoms with van der Waals surface area (Å²) < 4.78 is 0. The zero-order valence-electron chi connectivity index (χ0n) is 4.16. The fourth-order valence-corrected chi connectivity index (χ4v) is 3.08. The number of hydrogen-bond acceptors (Lipinski definition) is 1. The topological polar surface area (TPSA) is 0 Å². The van der Waals surface area contributed by atoms with Gasteiger partial charge in [0.15, 0.2) is 0 Å². The van der Waals surface area contributed by atoms with E-state index in [2.05, 4.69) is 38.1 Å². The molecule has 0 saturated heterocycles. The lowest BCUT2D eigenvalue weighted by Crippen LogP contribution is -2.03. The quantitative estimate of drug-likeness (QED) is 0.691. The molecule has 0 unspecified atom stereocenters. The molecule has 0 fully saturated rings. The van der Waals surface area contributed by atoms with E-state index in [1.54, 1.807) is 0 Å². The van der Waals surface area contributed by atoms with Crippen molar-refractivity contribution in [2.75, 3.05) is 16.9 Å². The van der Waals surface area contributed by atoms with Gasteiger partial charge in [-0.15, -0.1) is 0 Å². The molecule has 0 aromatic carbocycles. The van der Waals surface area contributed by atoms with Gasteiger partial charge < -0.3 is 0 Å². The van der Waals surface area contributed by atoms with Crippen LogP contribution in [-0.2, 0) is 0 Å². The van der Waals surface area contributed by atoms with Crippen LogP contribution in [0, 0.1) is 0 Å². The Morgan fingerprint density at radius 3 is 1.86 bits per heavy atom. The summed E-state index contributed by atoms with van der Waals surface area (Å²) >= 11 is 8.65. The maximum absolute atomic E-state index is 3.39. The highest BCUT2D eigenvalue weighted by molar-refractivity contribution is 9.10. The average Bonchev–Trinajstić information content (AvgIpc) is 1.72. The second-order valence-corrected chi connectivity index (χ2v) is 3.60. The summed E-state index contributed by atoms with van der Waals surface area (Å²) in [6, 6.07) is 0. The van der Waals surface area contributed by atoms with Gasteiger partial charge in [0.25, 0.3) is 0 Å². The van der Waals surface area contributed by atoms with Gasteiger partial charge in [-0.1, -0.05) is 31.9 Å². The van der Waals surface area contributed by atoms with Gasteiger partial charge in [0.05, 0.1) is 0 Å². The van der Waals surface area contributed by atoms with E-state index < -0.39 is 0 Å². The number of rotatable bonds is 3. The maximum Gasteiger partial charge on any atom is 0.0238 e. The normalized spacial score (nSPS) is 10.3. The minimum Gasteiger partial charge on any atom is -0.160 e. The fraction of sp³-hybridized carbons (Fsp3) is 1.00. The minimum atomic E-state index is 0.736. The zero-order chi connectivity index (χ0) is 5.70. The van der Waals surface area contributed by atoms with E-state index in [1.165, 1.54) is 0 Å². The number of hydrogen-bond donors (Lipinski definition) is 0. The first-order chi connectivity index (χ1) is 3.35. The summed E-state index contributed by atoms with van der Waals surface area (Å²) in [5, 5.41) is 2.90. The first-order valence-corrected chi connectivity index (χ1v) is 5.53. The number of halogens is 2. The fourth-order valence-electron chi connectivity index (χ4n) is 0.167. The Bertz CT molecular complexity index is 31.2. The van der Waals surface area contributed by atoms with Crippen molar-refractivity contribution in [1.82, 2.24) is 0 Å². The second kappa shape index (κ2) is 5.45. The molecular formula is C4H8Br2S. The Hall–Kier alpha value is 1.31. The second-order valence-electron chi connectivity index (χ2n) is 1.17. The van der Waals surface area contributed by atoms with Gasteiger partial charge in [-0.25, -0.2) is 0 Å². The van der Waals surface area contributed by atoms with Crippen molar-refractivity contribution >= 4 is 43.6 Å². The van der Waals surface area contributed by atoms with E-state index >= 15 is 0 Å². The molecule has 0 nitrogen and oxygen atoms in total. The Kier molecular flexibility index (Phi) is 6.47. The molecule has 3 heteroatoms. The van der Waals surface area contributed by atoms with Gasteiger partial charge in [-0.2, -0.15) is 11.8 Å². The van der Waals surface area contributed by atoms with Crippen LogP contribution in [0.4, 0.5) is 0 Å². The third-order valence-corrected chi connectivity index (χ3v) is 4.10. The molecule has 0 heterocycles. The van der Waals surface area contributed by atoms with E-state index in [1.807, 2.05) is 11.8 Å². The summed E-state index contributed by atoms with van der Waals surface area (Å²) in [5.74, 6) is 0. The van der Waals surface area contributed by atoms with Gasteiger partial charge in [0, 0.05) is 15.9 Å². The van der Waals surface area contributed by atoms with Crippen molar-refractivity contribution in [3.8, 4) is 0 Å². The Morgan fingerprint density at radius 1 is 1.43 bits per heavy atom. The van der Waals surface area contributed by atoms with Gasteiger partial charge in [-0.05, 0) is 6.26 Å². The molecule has 0 aromatic heterocycles. The molecule has 0 amide bonds. The maximum atomic E-state index is 3.39. The summed E-state index contributed by atoms with van der Waals surface area (Å²) in [4.78, 5) is 0. The molecule has 0 aliphatic carbocycles. The highest BCUT2D eigenvalue weighted by Gasteiger charge is 1.98. The molecular weight excluding hydrogens is 240 g/mol. The van der Waals surface area contributed by atoms with E-state index in [0.29, 0.717) is 0 Å². The lowest BCUT2D eigenvalue weighted by molar-refractivity contribution is 1.18. The molecule has 0 radical (unpaired) electrons. The molecule has 7 heavy (non-hydrogen) atoms. The van der Waals surface area contributed by atoms with Crippen LogP contribution in [0.2, 0.25) is 0 Å². The van der Waals surface area contributed by atoms with Gasteiger partial charge in [0.2, 0.25) is 0 Å². The Labute approximate surface area is 65.7 Å². The van der Waals surface area contributed by atoms with E-state index in [0.717, 1.165) is 15.9 Å². The van der Waals surface area contributed by atoms with Gasteiger partial charge in [0.1, 0.15) is 0 Å². The van der Waals surface area contributed by atoms with Crippen molar-refractivity contribution < 1.29 is 0 Å². The van der Waals surface area contributed by atoms with Crippen LogP contribution in [0.3, 0.4) is 0 Å². The monoisotopic (exact) mass is 246 g/mol. The third kappa shape index (κ3) is 3.86. The van der Waals surface area contributed by atoms with Crippen LogP contribution in [-0.4, -0.2) is 22.2 Å². The molecule has 0 bridgehead atoms. The van der Waals surface area contributed by atoms with Gasteiger partial charge in [-0.3, -0.25) is 0 Å². The lowest BCUT2D eigenvalue weighted by Gasteiger charge is -2.02. The standard InChI is InChI=1S/C4H8Br2S/c1-7-4(2-5)3-6/h4H,2-3H2,1H3. The van der Waals surface area contributed by atoms with Crippen LogP contribution in [0.5, 0.6) is 0 Å². The lowest BCUT2D eigenvalue weighted by atomic mass is 10.6. The first-order valence-electron chi connectivity index (χ1n) is 1.99. The van der Waals surface area contributed by atoms with Crippen LogP contribution >= 0.6 is 43.6 Å². The van der Waals surface area contributed by atoms with E-state index in [-0.39, 0.29) is 0 Å². The molecule has 0 saturated carbocycles. The minimum absolute atomic E-state index is 0.736. The largest absolute Gasteiger partial charge is 0.160 e. The molecule has 44 valence electrons. The van der Waals surface area contributed by atoms with Crippen LogP contribution in [0.15, 0.2) is 0 Å². The third-order valence-electron chi connectivity index (χ3n) is 0.678. The predicted molar refractivity (Wildman–Crippen MR) is 44.9 cm³/mol. The summed E-state index contributed by atoms with van der Waals surface area (Å²) in [5.41, 5.74) is 0. The van der Waals surface area contributed by atoms with Crippen molar-refractivity contribution in [1.29, 1.82) is 0 Å². The van der Waals surface area contributed by atoms with E-state index in [9.17, 15) is 0 Å². The molecule has 0 atom stereocenters. The summed E-state index contributed by atoms with van der Waals surface area (Å²) in [6.45, 7) is 0. The zero-order valence-corrected chi connectivity index (χ0v) is 8.14.